The lowest BCUT2D eigenvalue weighted by Gasteiger charge is -2.37. The molecular formula is C68H82N24O13. The van der Waals surface area contributed by atoms with Crippen LogP contribution in [0.15, 0.2) is 123 Å². The minimum absolute atomic E-state index is 0.0817. The van der Waals surface area contributed by atoms with E-state index in [4.69, 9.17) is 28.0 Å². The van der Waals surface area contributed by atoms with Gasteiger partial charge in [-0.3, -0.25) is 93.1 Å². The number of rotatable bonds is 12. The van der Waals surface area contributed by atoms with Gasteiger partial charge in [-0.25, -0.2) is 4.79 Å². The van der Waals surface area contributed by atoms with Gasteiger partial charge in [0.15, 0.2) is 0 Å². The van der Waals surface area contributed by atoms with Gasteiger partial charge in [-0.15, -0.1) is 0 Å². The van der Waals surface area contributed by atoms with E-state index in [2.05, 4.69) is 88.9 Å². The lowest BCUT2D eigenvalue weighted by atomic mass is 9.91. The zero-order valence-corrected chi connectivity index (χ0v) is 57.7. The molecular weight excluding hydrogens is 1360 g/mol. The summed E-state index contributed by atoms with van der Waals surface area (Å²) in [4.78, 5) is 161. The molecule has 0 spiro atoms. The Kier molecular flexibility index (Phi) is 27.5. The van der Waals surface area contributed by atoms with Crippen molar-refractivity contribution in [3.8, 4) is 0 Å². The number of pyridine rings is 4. The van der Waals surface area contributed by atoms with E-state index in [0.29, 0.717) is 43.4 Å². The molecule has 12 rings (SSSR count). The van der Waals surface area contributed by atoms with Gasteiger partial charge in [-0.2, -0.15) is 20.4 Å². The van der Waals surface area contributed by atoms with Crippen LogP contribution in [0.25, 0.3) is 0 Å². The number of hydrogen-bond donors (Lipinski definition) is 14. The van der Waals surface area contributed by atoms with Crippen LogP contribution < -0.4 is 49.5 Å². The monoisotopic (exact) mass is 1440 g/mol. The lowest BCUT2D eigenvalue weighted by molar-refractivity contribution is -0.147. The average Bonchev–Trinajstić information content (AvgIpc) is 1.50. The molecule has 105 heavy (non-hydrogen) atoms. The molecule has 4 fully saturated rings. The van der Waals surface area contributed by atoms with Crippen molar-refractivity contribution in [2.24, 2.45) is 46.6 Å². The SMILES string of the molecule is C[C@@H]1CC[C@@H](c2cn[nH]c2)N(C(=O)C(=O)Nc2cncc(C(N)=O)c2)C1.C[C@@H]1CC[C@@H](c2cn[nH]c2)N(C(=O)C(=O)Nc2cncc(C(N)=O)c2)C1.C[C@@H]1CC[C@@H](c2cn[nH]c2)NC1.C[C@H]1CC[C@H](c2cn[nH]c2)N(C(=O)C(=O)Nc2cncc(C(N)=O)c2)C1.NC(=O)c1cncc(NC(=O)C(=O)O)c1. The van der Waals surface area contributed by atoms with Crippen LogP contribution in [0.5, 0.6) is 0 Å². The van der Waals surface area contributed by atoms with Crippen molar-refractivity contribution in [3.05, 3.63) is 168 Å². The first kappa shape index (κ1) is 77.8. The molecule has 0 radical (unpaired) electrons. The molecule has 4 aliphatic heterocycles. The molecule has 0 saturated carbocycles. The van der Waals surface area contributed by atoms with Gasteiger partial charge >= 0.3 is 47.3 Å². The normalized spacial score (nSPS) is 19.5. The third kappa shape index (κ3) is 22.3. The van der Waals surface area contributed by atoms with E-state index < -0.39 is 70.9 Å². The number of nitrogens with two attached hydrogens (primary N) is 4. The summed E-state index contributed by atoms with van der Waals surface area (Å²) in [7, 11) is 0. The molecule has 0 bridgehead atoms. The molecule has 0 aromatic carbocycles. The van der Waals surface area contributed by atoms with E-state index >= 15 is 0 Å². The van der Waals surface area contributed by atoms with Crippen molar-refractivity contribution in [1.82, 2.24) is 80.7 Å². The molecule has 552 valence electrons. The molecule has 0 unspecified atom stereocenters. The number of aromatic nitrogens is 12. The van der Waals surface area contributed by atoms with E-state index in [1.807, 2.05) is 38.5 Å². The highest BCUT2D eigenvalue weighted by molar-refractivity contribution is 6.41. The summed E-state index contributed by atoms with van der Waals surface area (Å²) < 4.78 is 0. The van der Waals surface area contributed by atoms with Crippen LogP contribution in [0, 0.1) is 23.7 Å². The van der Waals surface area contributed by atoms with Gasteiger partial charge in [0.2, 0.25) is 23.6 Å². The molecule has 0 aliphatic carbocycles. The number of carbonyl (C=O) groups is 12. The summed E-state index contributed by atoms with van der Waals surface area (Å²) in [6, 6.07) is 5.32. The Morgan fingerprint density at radius 2 is 0.648 bits per heavy atom. The minimum atomic E-state index is -1.63. The molecule has 4 aliphatic rings. The number of carbonyl (C=O) groups excluding carboxylic acids is 11. The number of anilines is 4. The Morgan fingerprint density at radius 3 is 0.895 bits per heavy atom. The molecule has 11 amide bonds. The number of hydrogen-bond acceptors (Lipinski definition) is 21. The third-order valence-corrected chi connectivity index (χ3v) is 17.4. The maximum absolute atomic E-state index is 12.7. The fourth-order valence-electron chi connectivity index (χ4n) is 11.9. The zero-order chi connectivity index (χ0) is 75.9. The Bertz CT molecular complexity index is 4010. The number of nitrogens with zero attached hydrogens (tertiary/aromatic N) is 11. The first-order chi connectivity index (χ1) is 50.2. The smallest absolute Gasteiger partial charge is 0.394 e. The highest BCUT2D eigenvalue weighted by Crippen LogP contribution is 2.36. The van der Waals surface area contributed by atoms with Crippen LogP contribution in [-0.4, -0.2) is 178 Å². The number of piperidine rings is 4. The van der Waals surface area contributed by atoms with E-state index in [1.165, 1.54) is 92.2 Å². The number of aliphatic carboxylic acids is 1. The predicted octanol–water partition coefficient (Wildman–Crippen LogP) is 3.20. The zero-order valence-electron chi connectivity index (χ0n) is 57.7. The summed E-state index contributed by atoms with van der Waals surface area (Å²) >= 11 is 0. The number of amides is 11. The second-order valence-corrected chi connectivity index (χ2v) is 25.7. The van der Waals surface area contributed by atoms with Crippen LogP contribution in [-0.2, 0) is 38.4 Å². The van der Waals surface area contributed by atoms with Gasteiger partial charge in [0.05, 0.1) is 113 Å². The number of H-pyrrole nitrogens is 4. The van der Waals surface area contributed by atoms with Crippen LogP contribution in [0.4, 0.5) is 22.7 Å². The van der Waals surface area contributed by atoms with E-state index in [1.54, 1.807) is 51.9 Å². The van der Waals surface area contributed by atoms with Crippen molar-refractivity contribution in [2.75, 3.05) is 47.4 Å². The Morgan fingerprint density at radius 1 is 0.371 bits per heavy atom. The number of carboxylic acid groups (broad SMARTS) is 1. The molecule has 37 heteroatoms. The highest BCUT2D eigenvalue weighted by atomic mass is 16.4. The van der Waals surface area contributed by atoms with Gasteiger partial charge < -0.3 is 69.3 Å². The summed E-state index contributed by atoms with van der Waals surface area (Å²) in [6.07, 6.45) is 32.2. The second-order valence-electron chi connectivity index (χ2n) is 25.7. The molecule has 8 aromatic heterocycles. The van der Waals surface area contributed by atoms with Crippen molar-refractivity contribution < 1.29 is 62.6 Å². The van der Waals surface area contributed by atoms with Gasteiger partial charge in [0.25, 0.3) is 0 Å². The maximum atomic E-state index is 12.7. The van der Waals surface area contributed by atoms with Crippen molar-refractivity contribution in [3.63, 3.8) is 0 Å². The van der Waals surface area contributed by atoms with Gasteiger partial charge in [-0.05, 0) is 106 Å². The van der Waals surface area contributed by atoms with Gasteiger partial charge in [-0.1, -0.05) is 27.7 Å². The highest BCUT2D eigenvalue weighted by Gasteiger charge is 2.38. The van der Waals surface area contributed by atoms with Gasteiger partial charge in [0.1, 0.15) is 0 Å². The number of carboxylic acids is 1. The Hall–Kier alpha value is -13.0. The minimum Gasteiger partial charge on any atom is -0.474 e. The van der Waals surface area contributed by atoms with Crippen molar-refractivity contribution in [1.29, 1.82) is 0 Å². The molecule has 8 aromatic rings. The molecule has 37 nitrogen and oxygen atoms in total. The van der Waals surface area contributed by atoms with Gasteiger partial charge in [0, 0.05) is 97.5 Å². The second kappa shape index (κ2) is 37.1. The van der Waals surface area contributed by atoms with E-state index in [-0.39, 0.29) is 63.1 Å². The fourth-order valence-corrected chi connectivity index (χ4v) is 11.9. The summed E-state index contributed by atoms with van der Waals surface area (Å²) in [5.74, 6) is -8.05. The maximum Gasteiger partial charge on any atom is 0.394 e. The molecule has 4 saturated heterocycles. The molecule has 8 atom stereocenters. The van der Waals surface area contributed by atoms with E-state index in [9.17, 15) is 57.5 Å². The predicted molar refractivity (Wildman–Crippen MR) is 375 cm³/mol. The van der Waals surface area contributed by atoms with Crippen molar-refractivity contribution >= 4 is 93.7 Å². The van der Waals surface area contributed by atoms with E-state index in [0.717, 1.165) is 67.7 Å². The largest absolute Gasteiger partial charge is 0.474 e. The fraction of sp³-hybridized carbons (Fsp3) is 0.353. The number of aromatic amines is 4. The quantitative estimate of drug-likeness (QED) is 0.0781. The lowest BCUT2D eigenvalue weighted by Crippen LogP contribution is -2.46. The van der Waals surface area contributed by atoms with Crippen molar-refractivity contribution in [2.45, 2.75) is 103 Å². The summed E-state index contributed by atoms with van der Waals surface area (Å²) in [6.45, 7) is 11.0. The topological polar surface area (TPSA) is 565 Å². The van der Waals surface area contributed by atoms with Crippen LogP contribution in [0.3, 0.4) is 0 Å². The standard InChI is InChI=1S/3C17H20N6O3.C9H15N3.C8H7N3O4/c3*1-10-2-3-14(12-6-20-21-7-12)23(9-10)17(26)16(25)22-13-4-11(15(18)24)5-19-8-13;1-7-2-3-9(10-4-7)8-5-11-12-6-8;9-6(12)4-1-5(3-10-2-4)11-7(13)8(14)15/h3*4-8,10,14H,2-3,9H2,1H3,(H2,18,24)(H,20,21)(H,22,25);5-7,9-10H,2-4H2,1H3,(H,11,12);1-3H,(H2,9,12)(H,11,13)(H,14,15)/t3*10-,14+;7-,9+;/m1101./s1. The number of likely N-dealkylation sites (tertiary alicyclic amines) is 3. The summed E-state index contributed by atoms with van der Waals surface area (Å²) in [5.41, 5.74) is 25.8. The first-order valence-corrected chi connectivity index (χ1v) is 33.3. The third-order valence-electron chi connectivity index (χ3n) is 17.4. The summed E-state index contributed by atoms with van der Waals surface area (Å²) in [5, 5.41) is 48.1. The van der Waals surface area contributed by atoms with Crippen LogP contribution in [0.1, 0.15) is 167 Å². The van der Waals surface area contributed by atoms with Crippen LogP contribution >= 0.6 is 0 Å². The average molecular weight is 1440 g/mol. The molecule has 18 N–H and O–H groups in total. The van der Waals surface area contributed by atoms with Crippen LogP contribution in [0.2, 0.25) is 0 Å². The number of nitrogens with one attached hydrogen (secondary N) is 9. The Balaban J connectivity index is 0.000000170. The number of primary amides is 4. The molecule has 12 heterocycles. The first-order valence-electron chi connectivity index (χ1n) is 33.3. The Labute approximate surface area is 600 Å².